The summed E-state index contributed by atoms with van der Waals surface area (Å²) in [4.78, 5) is 20.6. The highest BCUT2D eigenvalue weighted by Crippen LogP contribution is 2.17. The third-order valence-corrected chi connectivity index (χ3v) is 3.86. The van der Waals surface area contributed by atoms with Crippen molar-refractivity contribution in [1.82, 2.24) is 9.88 Å². The van der Waals surface area contributed by atoms with E-state index in [4.69, 9.17) is 4.74 Å². The molecule has 0 N–H and O–H groups in total. The van der Waals surface area contributed by atoms with Gasteiger partial charge >= 0.3 is 0 Å². The molecule has 0 radical (unpaired) electrons. The van der Waals surface area contributed by atoms with E-state index in [2.05, 4.69) is 25.8 Å². The Bertz CT molecular complexity index is 444. The molecule has 0 saturated carbocycles. The number of pyridine rings is 1. The van der Waals surface area contributed by atoms with Crippen LogP contribution in [0.4, 0.5) is 5.82 Å². The van der Waals surface area contributed by atoms with Gasteiger partial charge in [-0.25, -0.2) is 4.98 Å². The number of carbonyl (C=O) groups excluding carboxylic acids is 1. The molecule has 0 aromatic carbocycles. The van der Waals surface area contributed by atoms with Gasteiger partial charge in [0, 0.05) is 43.5 Å². The van der Waals surface area contributed by atoms with Crippen molar-refractivity contribution < 1.29 is 9.53 Å². The van der Waals surface area contributed by atoms with Crippen molar-refractivity contribution in [2.75, 3.05) is 37.7 Å². The monoisotopic (exact) mass is 341 g/mol. The Kier molecular flexibility index (Phi) is 5.37. The SMILES string of the molecule is CCOC(C)C(=O)N1CCN(c2ccc(Br)cn2)CC1. The van der Waals surface area contributed by atoms with Crippen LogP contribution in [0.25, 0.3) is 0 Å². The molecule has 6 heteroatoms. The molecule has 1 fully saturated rings. The summed E-state index contributed by atoms with van der Waals surface area (Å²) in [7, 11) is 0. The van der Waals surface area contributed by atoms with Crippen LogP contribution in [0.2, 0.25) is 0 Å². The van der Waals surface area contributed by atoms with Gasteiger partial charge in [-0.3, -0.25) is 4.79 Å². The number of halogens is 1. The summed E-state index contributed by atoms with van der Waals surface area (Å²) >= 11 is 3.38. The van der Waals surface area contributed by atoms with E-state index in [0.29, 0.717) is 19.7 Å². The minimum absolute atomic E-state index is 0.0789. The van der Waals surface area contributed by atoms with Gasteiger partial charge in [-0.1, -0.05) is 0 Å². The molecule has 1 aromatic heterocycles. The number of aromatic nitrogens is 1. The summed E-state index contributed by atoms with van der Waals surface area (Å²) in [5, 5.41) is 0. The molecule has 5 nitrogen and oxygen atoms in total. The van der Waals surface area contributed by atoms with Crippen LogP contribution in [0, 0.1) is 0 Å². The number of nitrogens with zero attached hydrogens (tertiary/aromatic N) is 3. The normalized spacial score (nSPS) is 17.1. The van der Waals surface area contributed by atoms with Crippen LogP contribution in [-0.2, 0) is 9.53 Å². The van der Waals surface area contributed by atoms with Gasteiger partial charge in [0.05, 0.1) is 0 Å². The lowest BCUT2D eigenvalue weighted by molar-refractivity contribution is -0.142. The van der Waals surface area contributed by atoms with E-state index in [0.717, 1.165) is 23.4 Å². The van der Waals surface area contributed by atoms with E-state index < -0.39 is 0 Å². The molecule has 1 saturated heterocycles. The van der Waals surface area contributed by atoms with Gasteiger partial charge in [0.1, 0.15) is 11.9 Å². The zero-order chi connectivity index (χ0) is 14.5. The first-order chi connectivity index (χ1) is 9.61. The zero-order valence-corrected chi connectivity index (χ0v) is 13.5. The second-order valence-electron chi connectivity index (χ2n) is 4.74. The number of rotatable bonds is 4. The maximum Gasteiger partial charge on any atom is 0.251 e. The molecule has 2 rings (SSSR count). The fourth-order valence-corrected chi connectivity index (χ4v) is 2.52. The molecule has 1 aromatic rings. The molecule has 1 aliphatic rings. The Morgan fingerprint density at radius 2 is 2.10 bits per heavy atom. The second kappa shape index (κ2) is 7.04. The number of hydrogen-bond acceptors (Lipinski definition) is 4. The Labute approximate surface area is 128 Å². The summed E-state index contributed by atoms with van der Waals surface area (Å²) in [5.41, 5.74) is 0. The van der Waals surface area contributed by atoms with Crippen molar-refractivity contribution >= 4 is 27.7 Å². The van der Waals surface area contributed by atoms with Crippen LogP contribution in [-0.4, -0.2) is 54.7 Å². The molecule has 1 unspecified atom stereocenters. The highest BCUT2D eigenvalue weighted by molar-refractivity contribution is 9.10. The predicted octanol–water partition coefficient (Wildman–Crippen LogP) is 1.92. The van der Waals surface area contributed by atoms with Gasteiger partial charge in [-0.2, -0.15) is 0 Å². The first-order valence-electron chi connectivity index (χ1n) is 6.88. The maximum atomic E-state index is 12.1. The molecule has 1 aliphatic heterocycles. The van der Waals surface area contributed by atoms with Crippen LogP contribution < -0.4 is 4.90 Å². The van der Waals surface area contributed by atoms with E-state index in [1.165, 1.54) is 0 Å². The zero-order valence-electron chi connectivity index (χ0n) is 11.9. The van der Waals surface area contributed by atoms with Crippen LogP contribution in [0.1, 0.15) is 13.8 Å². The maximum absolute atomic E-state index is 12.1. The molecule has 20 heavy (non-hydrogen) atoms. The van der Waals surface area contributed by atoms with E-state index in [1.54, 1.807) is 6.20 Å². The summed E-state index contributed by atoms with van der Waals surface area (Å²) in [6.45, 7) is 7.32. The van der Waals surface area contributed by atoms with Gasteiger partial charge in [-0.05, 0) is 41.9 Å². The fraction of sp³-hybridized carbons (Fsp3) is 0.571. The van der Waals surface area contributed by atoms with Gasteiger partial charge < -0.3 is 14.5 Å². The minimum atomic E-state index is -0.350. The van der Waals surface area contributed by atoms with Crippen LogP contribution in [0.3, 0.4) is 0 Å². The summed E-state index contributed by atoms with van der Waals surface area (Å²) in [5.74, 6) is 1.04. The summed E-state index contributed by atoms with van der Waals surface area (Å²) in [6, 6.07) is 3.97. The topological polar surface area (TPSA) is 45.7 Å². The smallest absolute Gasteiger partial charge is 0.251 e. The van der Waals surface area contributed by atoms with E-state index in [9.17, 15) is 4.79 Å². The molecular formula is C14H20BrN3O2. The molecule has 1 amide bonds. The lowest BCUT2D eigenvalue weighted by Gasteiger charge is -2.36. The molecule has 0 bridgehead atoms. The third kappa shape index (κ3) is 3.70. The number of hydrogen-bond donors (Lipinski definition) is 0. The van der Waals surface area contributed by atoms with Crippen molar-refractivity contribution in [1.29, 1.82) is 0 Å². The van der Waals surface area contributed by atoms with Crippen molar-refractivity contribution in [3.05, 3.63) is 22.8 Å². The Morgan fingerprint density at radius 1 is 1.40 bits per heavy atom. The van der Waals surface area contributed by atoms with Crippen LogP contribution in [0.15, 0.2) is 22.8 Å². The van der Waals surface area contributed by atoms with E-state index in [-0.39, 0.29) is 12.0 Å². The quantitative estimate of drug-likeness (QED) is 0.839. The molecular weight excluding hydrogens is 322 g/mol. The van der Waals surface area contributed by atoms with Gasteiger partial charge in [-0.15, -0.1) is 0 Å². The van der Waals surface area contributed by atoms with Gasteiger partial charge in [0.15, 0.2) is 0 Å². The van der Waals surface area contributed by atoms with Crippen molar-refractivity contribution in [3.8, 4) is 0 Å². The lowest BCUT2D eigenvalue weighted by atomic mass is 10.2. The first-order valence-corrected chi connectivity index (χ1v) is 7.68. The predicted molar refractivity (Wildman–Crippen MR) is 81.8 cm³/mol. The number of piperazine rings is 1. The summed E-state index contributed by atoms with van der Waals surface area (Å²) < 4.78 is 6.33. The van der Waals surface area contributed by atoms with E-state index in [1.807, 2.05) is 30.9 Å². The number of ether oxygens (including phenoxy) is 1. The number of amides is 1. The summed E-state index contributed by atoms with van der Waals surface area (Å²) in [6.07, 6.45) is 1.45. The highest BCUT2D eigenvalue weighted by atomic mass is 79.9. The highest BCUT2D eigenvalue weighted by Gasteiger charge is 2.25. The van der Waals surface area contributed by atoms with E-state index >= 15 is 0 Å². The largest absolute Gasteiger partial charge is 0.369 e. The molecule has 2 heterocycles. The Balaban J connectivity index is 1.89. The average Bonchev–Trinajstić information content (AvgIpc) is 2.48. The standard InChI is InChI=1S/C14H20BrN3O2/c1-3-20-11(2)14(19)18-8-6-17(7-9-18)13-5-4-12(15)10-16-13/h4-5,10-11H,3,6-9H2,1-2H3. The fourth-order valence-electron chi connectivity index (χ4n) is 2.29. The number of anilines is 1. The van der Waals surface area contributed by atoms with Crippen molar-refractivity contribution in [2.24, 2.45) is 0 Å². The molecule has 0 spiro atoms. The average molecular weight is 342 g/mol. The van der Waals surface area contributed by atoms with Crippen molar-refractivity contribution in [3.63, 3.8) is 0 Å². The van der Waals surface area contributed by atoms with Gasteiger partial charge in [0.25, 0.3) is 5.91 Å². The van der Waals surface area contributed by atoms with Crippen LogP contribution >= 0.6 is 15.9 Å². The first kappa shape index (κ1) is 15.3. The molecule has 110 valence electrons. The Morgan fingerprint density at radius 3 is 2.65 bits per heavy atom. The Hall–Kier alpha value is -1.14. The second-order valence-corrected chi connectivity index (χ2v) is 5.66. The lowest BCUT2D eigenvalue weighted by Crippen LogP contribution is -2.51. The van der Waals surface area contributed by atoms with Crippen LogP contribution in [0.5, 0.6) is 0 Å². The third-order valence-electron chi connectivity index (χ3n) is 3.39. The van der Waals surface area contributed by atoms with Crippen molar-refractivity contribution in [2.45, 2.75) is 20.0 Å². The minimum Gasteiger partial charge on any atom is -0.369 e. The molecule has 1 atom stereocenters. The van der Waals surface area contributed by atoms with Gasteiger partial charge in [0.2, 0.25) is 0 Å². The molecule has 0 aliphatic carbocycles. The number of carbonyl (C=O) groups is 1.